The van der Waals surface area contributed by atoms with E-state index >= 15 is 0 Å². The smallest absolute Gasteiger partial charge is 0.303 e. The molecule has 0 aliphatic rings. The molecule has 7 heteroatoms. The first kappa shape index (κ1) is 21.0. The van der Waals surface area contributed by atoms with Gasteiger partial charge in [0.15, 0.2) is 0 Å². The molecule has 0 atom stereocenters. The molecule has 2 aromatic heterocycles. The highest BCUT2D eigenvalue weighted by Crippen LogP contribution is 2.25. The number of carboxylic acids is 1. The Morgan fingerprint density at radius 2 is 1.75 bits per heavy atom. The van der Waals surface area contributed by atoms with Crippen LogP contribution < -0.4 is 5.56 Å². The summed E-state index contributed by atoms with van der Waals surface area (Å²) in [5, 5.41) is 13.6. The van der Waals surface area contributed by atoms with E-state index in [1.165, 1.54) is 0 Å². The normalized spacial score (nSPS) is 11.2. The van der Waals surface area contributed by atoms with Crippen molar-refractivity contribution < 1.29 is 9.90 Å². The molecule has 0 unspecified atom stereocenters. The van der Waals surface area contributed by atoms with Crippen LogP contribution in [0.25, 0.3) is 29.1 Å². The van der Waals surface area contributed by atoms with Gasteiger partial charge in [0, 0.05) is 35.0 Å². The summed E-state index contributed by atoms with van der Waals surface area (Å²) in [6.07, 6.45) is 5.56. The van der Waals surface area contributed by atoms with Crippen molar-refractivity contribution in [3.8, 4) is 16.9 Å². The van der Waals surface area contributed by atoms with Gasteiger partial charge in [-0.1, -0.05) is 48.5 Å². The Labute approximate surface area is 184 Å². The maximum absolute atomic E-state index is 12.4. The van der Waals surface area contributed by atoms with Gasteiger partial charge >= 0.3 is 5.97 Å². The third-order valence-electron chi connectivity index (χ3n) is 5.06. The minimum absolute atomic E-state index is 0.111. The third-order valence-corrected chi connectivity index (χ3v) is 5.06. The molecule has 0 bridgehead atoms. The molecule has 0 amide bonds. The predicted molar refractivity (Wildman–Crippen MR) is 123 cm³/mol. The van der Waals surface area contributed by atoms with Crippen LogP contribution in [-0.2, 0) is 11.2 Å². The van der Waals surface area contributed by atoms with Crippen molar-refractivity contribution in [2.45, 2.75) is 19.8 Å². The number of carbonyl (C=O) groups is 1. The number of aryl methyl sites for hydroxylation is 1. The maximum Gasteiger partial charge on any atom is 0.303 e. The highest BCUT2D eigenvalue weighted by molar-refractivity contribution is 5.77. The first-order valence-corrected chi connectivity index (χ1v) is 10.2. The van der Waals surface area contributed by atoms with Gasteiger partial charge in [0.1, 0.15) is 5.82 Å². The van der Waals surface area contributed by atoms with Crippen LogP contribution in [0, 0.1) is 6.92 Å². The fourth-order valence-corrected chi connectivity index (χ4v) is 3.45. The van der Waals surface area contributed by atoms with Crippen LogP contribution in [0.4, 0.5) is 0 Å². The molecule has 0 aliphatic heterocycles. The summed E-state index contributed by atoms with van der Waals surface area (Å²) in [6, 6.07) is 19.7. The third kappa shape index (κ3) is 4.73. The Hall–Kier alpha value is -4.26. The number of rotatable bonds is 7. The highest BCUT2D eigenvalue weighted by atomic mass is 16.4. The van der Waals surface area contributed by atoms with Crippen LogP contribution in [0.3, 0.4) is 0 Å². The Kier molecular flexibility index (Phi) is 6.07. The number of hydrogen-bond acceptors (Lipinski definition) is 4. The molecule has 0 saturated heterocycles. The lowest BCUT2D eigenvalue weighted by Crippen LogP contribution is -2.18. The average Bonchev–Trinajstić information content (AvgIpc) is 3.22. The van der Waals surface area contributed by atoms with Crippen molar-refractivity contribution in [2.75, 3.05) is 0 Å². The summed E-state index contributed by atoms with van der Waals surface area (Å²) in [7, 11) is 0. The number of aromatic nitrogens is 4. The van der Waals surface area contributed by atoms with E-state index < -0.39 is 5.97 Å². The average molecular weight is 426 g/mol. The largest absolute Gasteiger partial charge is 0.481 e. The van der Waals surface area contributed by atoms with Crippen molar-refractivity contribution in [1.29, 1.82) is 0 Å². The standard InChI is InChI=1S/C25H22N4O3/c1-17-21(13-15-23(30)31)25(32)27-22(26-17)14-12-19-16-29(20-10-6-3-7-11-20)28-24(19)18-8-4-2-5-9-18/h2-12,14,16H,13,15H2,1H3,(H,30,31)(H,26,27,32). The molecule has 7 nitrogen and oxygen atoms in total. The predicted octanol–water partition coefficient (Wildman–Crippen LogP) is 4.12. The fraction of sp³-hybridized carbons (Fsp3) is 0.120. The Balaban J connectivity index is 1.70. The Bertz CT molecular complexity index is 1320. The van der Waals surface area contributed by atoms with E-state index in [-0.39, 0.29) is 18.4 Å². The molecule has 0 spiro atoms. The molecule has 0 aliphatic carbocycles. The van der Waals surface area contributed by atoms with Crippen LogP contribution in [0.1, 0.15) is 29.1 Å². The van der Waals surface area contributed by atoms with Gasteiger partial charge < -0.3 is 10.1 Å². The number of aromatic amines is 1. The quantitative estimate of drug-likeness (QED) is 0.463. The molecular weight excluding hydrogens is 404 g/mol. The van der Waals surface area contributed by atoms with E-state index in [9.17, 15) is 9.59 Å². The van der Waals surface area contributed by atoms with Gasteiger partial charge in [-0.25, -0.2) is 9.67 Å². The van der Waals surface area contributed by atoms with Gasteiger partial charge in [-0.3, -0.25) is 9.59 Å². The molecule has 4 aromatic rings. The van der Waals surface area contributed by atoms with E-state index in [0.29, 0.717) is 17.1 Å². The zero-order valence-corrected chi connectivity index (χ0v) is 17.5. The summed E-state index contributed by atoms with van der Waals surface area (Å²) < 4.78 is 1.82. The topological polar surface area (TPSA) is 101 Å². The van der Waals surface area contributed by atoms with Gasteiger partial charge in [-0.15, -0.1) is 0 Å². The number of H-pyrrole nitrogens is 1. The lowest BCUT2D eigenvalue weighted by atomic mass is 10.1. The summed E-state index contributed by atoms with van der Waals surface area (Å²) in [5.41, 5.74) is 4.20. The van der Waals surface area contributed by atoms with Crippen LogP contribution in [-0.4, -0.2) is 30.8 Å². The molecule has 0 saturated carbocycles. The second-order valence-corrected chi connectivity index (χ2v) is 7.32. The Morgan fingerprint density at radius 3 is 2.41 bits per heavy atom. The molecular formula is C25H22N4O3. The van der Waals surface area contributed by atoms with Crippen molar-refractivity contribution in [3.05, 3.63) is 99.9 Å². The number of aliphatic carboxylic acids is 1. The van der Waals surface area contributed by atoms with Gasteiger partial charge in [0.05, 0.1) is 11.4 Å². The molecule has 4 rings (SSSR count). The van der Waals surface area contributed by atoms with Gasteiger partial charge in [0.25, 0.3) is 5.56 Å². The number of nitrogens with one attached hydrogen (secondary N) is 1. The fourth-order valence-electron chi connectivity index (χ4n) is 3.45. The van der Waals surface area contributed by atoms with Crippen molar-refractivity contribution in [3.63, 3.8) is 0 Å². The number of carboxylic acid groups (broad SMARTS) is 1. The number of benzene rings is 2. The first-order valence-electron chi connectivity index (χ1n) is 10.2. The molecule has 0 radical (unpaired) electrons. The van der Waals surface area contributed by atoms with Gasteiger partial charge in [0.2, 0.25) is 0 Å². The van der Waals surface area contributed by atoms with Crippen molar-refractivity contribution >= 4 is 18.1 Å². The zero-order valence-electron chi connectivity index (χ0n) is 17.5. The molecule has 2 aromatic carbocycles. The van der Waals surface area contributed by atoms with E-state index in [2.05, 4.69) is 9.97 Å². The van der Waals surface area contributed by atoms with Gasteiger partial charge in [-0.05, 0) is 37.6 Å². The monoisotopic (exact) mass is 426 g/mol. The van der Waals surface area contributed by atoms with E-state index in [0.717, 1.165) is 22.5 Å². The molecule has 2 heterocycles. The van der Waals surface area contributed by atoms with Crippen molar-refractivity contribution in [2.24, 2.45) is 0 Å². The zero-order chi connectivity index (χ0) is 22.5. The summed E-state index contributed by atoms with van der Waals surface area (Å²) in [5.74, 6) is -0.547. The van der Waals surface area contributed by atoms with Crippen LogP contribution in [0.5, 0.6) is 0 Å². The number of hydrogen-bond donors (Lipinski definition) is 2. The van der Waals surface area contributed by atoms with E-state index in [1.807, 2.05) is 77.6 Å². The van der Waals surface area contributed by atoms with Crippen LogP contribution in [0.15, 0.2) is 71.7 Å². The maximum atomic E-state index is 12.4. The molecule has 160 valence electrons. The van der Waals surface area contributed by atoms with Gasteiger partial charge in [-0.2, -0.15) is 5.10 Å². The molecule has 0 fully saturated rings. The van der Waals surface area contributed by atoms with Crippen molar-refractivity contribution in [1.82, 2.24) is 19.7 Å². The lowest BCUT2D eigenvalue weighted by molar-refractivity contribution is -0.136. The SMILES string of the molecule is Cc1nc(C=Cc2cn(-c3ccccc3)nc2-c2ccccc2)[nH]c(=O)c1CCC(=O)O. The summed E-state index contributed by atoms with van der Waals surface area (Å²) >= 11 is 0. The second-order valence-electron chi connectivity index (χ2n) is 7.32. The first-order chi connectivity index (χ1) is 15.5. The molecule has 32 heavy (non-hydrogen) atoms. The summed E-state index contributed by atoms with van der Waals surface area (Å²) in [6.45, 7) is 1.71. The molecule has 2 N–H and O–H groups in total. The Morgan fingerprint density at radius 1 is 1.06 bits per heavy atom. The highest BCUT2D eigenvalue weighted by Gasteiger charge is 2.12. The van der Waals surface area contributed by atoms with Crippen LogP contribution >= 0.6 is 0 Å². The minimum atomic E-state index is -0.948. The summed E-state index contributed by atoms with van der Waals surface area (Å²) in [4.78, 5) is 30.4. The number of nitrogens with zero attached hydrogens (tertiary/aromatic N) is 3. The van der Waals surface area contributed by atoms with E-state index in [1.54, 1.807) is 13.0 Å². The second kappa shape index (κ2) is 9.26. The van der Waals surface area contributed by atoms with Crippen LogP contribution in [0.2, 0.25) is 0 Å². The lowest BCUT2D eigenvalue weighted by Gasteiger charge is -2.04. The number of para-hydroxylation sites is 1. The minimum Gasteiger partial charge on any atom is -0.481 e. The van der Waals surface area contributed by atoms with E-state index in [4.69, 9.17) is 10.2 Å².